The van der Waals surface area contributed by atoms with Crippen molar-refractivity contribution in [1.82, 2.24) is 0 Å². The normalized spacial score (nSPS) is 13.3. The Labute approximate surface area is 260 Å². The van der Waals surface area contributed by atoms with Crippen LogP contribution in [0.15, 0.2) is 109 Å². The molecule has 0 bridgehead atoms. The summed E-state index contributed by atoms with van der Waals surface area (Å²) in [5.41, 5.74) is 10.2. The molecule has 0 aliphatic carbocycles. The van der Waals surface area contributed by atoms with Crippen molar-refractivity contribution < 1.29 is 0 Å². The van der Waals surface area contributed by atoms with Gasteiger partial charge in [0.2, 0.25) is 0 Å². The summed E-state index contributed by atoms with van der Waals surface area (Å²) in [5, 5.41) is 3.38. The molecule has 0 radical (unpaired) electrons. The maximum absolute atomic E-state index is 3.66. The van der Waals surface area contributed by atoms with Crippen LogP contribution in [0.3, 0.4) is 0 Å². The highest BCUT2D eigenvalue weighted by Gasteiger charge is 2.21. The van der Waals surface area contributed by atoms with Crippen molar-refractivity contribution in [2.24, 2.45) is 0 Å². The van der Waals surface area contributed by atoms with Gasteiger partial charge in [-0.05, 0) is 44.5 Å². The van der Waals surface area contributed by atoms with Crippen LogP contribution in [0.1, 0.15) is 56.3 Å². The van der Waals surface area contributed by atoms with Gasteiger partial charge in [-0.2, -0.15) is 0 Å². The maximum Gasteiger partial charge on any atom is 0.0283 e. The molecule has 4 aromatic rings. The van der Waals surface area contributed by atoms with Gasteiger partial charge in [-0.1, -0.05) is 185 Å². The summed E-state index contributed by atoms with van der Waals surface area (Å²) in [6.07, 6.45) is 9.31. The zero-order valence-corrected chi connectivity index (χ0v) is 27.4. The number of allylic oxidation sites excluding steroid dienone is 2. The van der Waals surface area contributed by atoms with Gasteiger partial charge in [-0.25, -0.2) is 0 Å². The molecule has 0 aliphatic rings. The first kappa shape index (κ1) is 29.3. The Morgan fingerprint density at radius 3 is 1.16 bits per heavy atom. The molecule has 0 aromatic heterocycles. The number of rotatable bonds is 11. The van der Waals surface area contributed by atoms with E-state index in [9.17, 15) is 0 Å². The predicted molar refractivity (Wildman–Crippen MR) is 180 cm³/mol. The second-order valence-corrected chi connectivity index (χ2v) is 11.5. The first-order valence-corrected chi connectivity index (χ1v) is 17.1. The molecule has 0 saturated carbocycles. The third kappa shape index (κ3) is 8.14. The molecule has 194 valence electrons. The standard InChI is InChI=1S/C34H30Br4/c35-21-27-7-1-5-25(17-27)13-15-33(31-11-3-9-29(19-31)23-37)34(32-12-4-10-30(20-32)24-38)16-14-26-6-2-8-28(18-26)22-36/h1-20,33-34H,21-24H2/b15-13+,16-14+/t33-,34-/m1/s1. The molecule has 2 atom stereocenters. The molecule has 38 heavy (non-hydrogen) atoms. The number of halogens is 4. The van der Waals surface area contributed by atoms with Gasteiger partial charge in [-0.3, -0.25) is 0 Å². The zero-order chi connectivity index (χ0) is 26.7. The fourth-order valence-corrected chi connectivity index (χ4v) is 6.03. The Kier molecular flexibility index (Phi) is 11.7. The van der Waals surface area contributed by atoms with Crippen LogP contribution in [0, 0.1) is 0 Å². The molecular formula is C34H30Br4. The van der Waals surface area contributed by atoms with Gasteiger partial charge in [0.05, 0.1) is 0 Å². The zero-order valence-electron chi connectivity index (χ0n) is 21.0. The third-order valence-corrected chi connectivity index (χ3v) is 9.16. The van der Waals surface area contributed by atoms with E-state index in [-0.39, 0.29) is 11.8 Å². The van der Waals surface area contributed by atoms with Crippen LogP contribution < -0.4 is 0 Å². The van der Waals surface area contributed by atoms with Crippen molar-refractivity contribution in [2.75, 3.05) is 0 Å². The molecule has 0 N–H and O–H groups in total. The van der Waals surface area contributed by atoms with Crippen LogP contribution >= 0.6 is 63.7 Å². The SMILES string of the molecule is BrCc1cccc(/C=C/[C@H](c2cccc(CBr)c2)[C@H](/C=C/c2cccc(CBr)c2)c2cccc(CBr)c2)c1. The first-order valence-electron chi connectivity index (χ1n) is 12.6. The molecule has 0 heterocycles. The monoisotopic (exact) mass is 754 g/mol. The largest absolute Gasteiger partial charge is 0.0876 e. The minimum Gasteiger partial charge on any atom is -0.0876 e. The second kappa shape index (κ2) is 15.2. The Hall–Kier alpha value is -1.72. The van der Waals surface area contributed by atoms with Gasteiger partial charge in [0.25, 0.3) is 0 Å². The first-order chi connectivity index (χ1) is 18.6. The molecular weight excluding hydrogens is 728 g/mol. The van der Waals surface area contributed by atoms with E-state index in [0.717, 1.165) is 21.3 Å². The lowest BCUT2D eigenvalue weighted by Gasteiger charge is -2.24. The van der Waals surface area contributed by atoms with Crippen molar-refractivity contribution in [3.8, 4) is 0 Å². The van der Waals surface area contributed by atoms with Crippen molar-refractivity contribution >= 4 is 75.9 Å². The van der Waals surface area contributed by atoms with Gasteiger partial charge in [0.15, 0.2) is 0 Å². The van der Waals surface area contributed by atoms with Crippen molar-refractivity contribution in [1.29, 1.82) is 0 Å². The van der Waals surface area contributed by atoms with Gasteiger partial charge in [0.1, 0.15) is 0 Å². The van der Waals surface area contributed by atoms with E-state index in [4.69, 9.17) is 0 Å². The van der Waals surface area contributed by atoms with E-state index in [1.54, 1.807) is 0 Å². The third-order valence-electron chi connectivity index (χ3n) is 6.57. The number of hydrogen-bond donors (Lipinski definition) is 0. The van der Waals surface area contributed by atoms with Crippen LogP contribution in [-0.4, -0.2) is 0 Å². The summed E-state index contributed by atoms with van der Waals surface area (Å²) in [4.78, 5) is 0. The molecule has 4 rings (SSSR count). The highest BCUT2D eigenvalue weighted by molar-refractivity contribution is 9.09. The molecule has 0 aliphatic heterocycles. The molecule has 0 spiro atoms. The molecule has 4 heteroatoms. The maximum atomic E-state index is 3.66. The summed E-state index contributed by atoms with van der Waals surface area (Å²) in [6, 6.07) is 35.3. The van der Waals surface area contributed by atoms with Crippen molar-refractivity contribution in [3.05, 3.63) is 154 Å². The number of benzene rings is 4. The smallest absolute Gasteiger partial charge is 0.0283 e. The minimum absolute atomic E-state index is 0.155. The van der Waals surface area contributed by atoms with E-state index in [1.165, 1.54) is 44.5 Å². The Bertz CT molecular complexity index is 1280. The Balaban J connectivity index is 1.84. The van der Waals surface area contributed by atoms with Crippen LogP contribution in [0.5, 0.6) is 0 Å². The van der Waals surface area contributed by atoms with Gasteiger partial charge in [-0.15, -0.1) is 0 Å². The average Bonchev–Trinajstić information content (AvgIpc) is 2.99. The molecule has 0 nitrogen and oxygen atoms in total. The molecule has 0 fully saturated rings. The molecule has 0 amide bonds. The summed E-state index contributed by atoms with van der Waals surface area (Å²) >= 11 is 14.5. The Morgan fingerprint density at radius 2 is 0.789 bits per heavy atom. The summed E-state index contributed by atoms with van der Waals surface area (Å²) in [5.74, 6) is 0.311. The highest BCUT2D eigenvalue weighted by atomic mass is 79.9. The van der Waals surface area contributed by atoms with E-state index in [0.29, 0.717) is 0 Å². The minimum atomic E-state index is 0.155. The van der Waals surface area contributed by atoms with E-state index in [2.05, 4.69) is 185 Å². The topological polar surface area (TPSA) is 0 Å². The van der Waals surface area contributed by atoms with Crippen LogP contribution in [0.2, 0.25) is 0 Å². The van der Waals surface area contributed by atoms with Gasteiger partial charge >= 0.3 is 0 Å². The Morgan fingerprint density at radius 1 is 0.447 bits per heavy atom. The van der Waals surface area contributed by atoms with Crippen LogP contribution in [-0.2, 0) is 21.3 Å². The molecule has 0 saturated heterocycles. The van der Waals surface area contributed by atoms with Crippen LogP contribution in [0.25, 0.3) is 12.2 Å². The lowest BCUT2D eigenvalue weighted by atomic mass is 9.79. The second-order valence-electron chi connectivity index (χ2n) is 9.28. The lowest BCUT2D eigenvalue weighted by Crippen LogP contribution is -2.08. The number of alkyl halides is 4. The summed E-state index contributed by atoms with van der Waals surface area (Å²) in [7, 11) is 0. The van der Waals surface area contributed by atoms with E-state index < -0.39 is 0 Å². The molecule has 0 unspecified atom stereocenters. The quantitative estimate of drug-likeness (QED) is 0.134. The fourth-order valence-electron chi connectivity index (χ4n) is 4.63. The van der Waals surface area contributed by atoms with Crippen LogP contribution in [0.4, 0.5) is 0 Å². The lowest BCUT2D eigenvalue weighted by molar-refractivity contribution is 0.741. The fraction of sp³-hybridized carbons (Fsp3) is 0.176. The highest BCUT2D eigenvalue weighted by Crippen LogP contribution is 2.38. The summed E-state index contributed by atoms with van der Waals surface area (Å²) in [6.45, 7) is 0. The van der Waals surface area contributed by atoms with E-state index >= 15 is 0 Å². The van der Waals surface area contributed by atoms with E-state index in [1.807, 2.05) is 0 Å². The molecule has 4 aromatic carbocycles. The average molecular weight is 758 g/mol. The predicted octanol–water partition coefficient (Wildman–Crippen LogP) is 11.6. The van der Waals surface area contributed by atoms with Gasteiger partial charge < -0.3 is 0 Å². The summed E-state index contributed by atoms with van der Waals surface area (Å²) < 4.78 is 0. The number of hydrogen-bond acceptors (Lipinski definition) is 0. The van der Waals surface area contributed by atoms with Crippen molar-refractivity contribution in [2.45, 2.75) is 33.2 Å². The van der Waals surface area contributed by atoms with Gasteiger partial charge in [0, 0.05) is 33.2 Å². The van der Waals surface area contributed by atoms with Crippen molar-refractivity contribution in [3.63, 3.8) is 0 Å².